The molecule has 1 aromatic carbocycles. The molecule has 0 aliphatic rings. The summed E-state index contributed by atoms with van der Waals surface area (Å²) in [6.45, 7) is 1.55. The van der Waals surface area contributed by atoms with Gasteiger partial charge in [-0.3, -0.25) is 4.68 Å². The molecule has 3 nitrogen and oxygen atoms in total. The number of hydrogen-bond donors (Lipinski definition) is 1. The molecular weight excluding hydrogens is 305 g/mol. The molecule has 1 heterocycles. The number of nitrogens with one attached hydrogen (secondary N) is 1. The Morgan fingerprint density at radius 3 is 2.50 bits per heavy atom. The molecule has 0 saturated heterocycles. The van der Waals surface area contributed by atoms with Crippen molar-refractivity contribution in [2.45, 2.75) is 25.7 Å². The zero-order chi connectivity index (χ0) is 16.5. The van der Waals surface area contributed by atoms with Crippen LogP contribution in [0.4, 0.5) is 22.0 Å². The second kappa shape index (κ2) is 6.04. The predicted octanol–water partition coefficient (Wildman–Crippen LogP) is 3.57. The summed E-state index contributed by atoms with van der Waals surface area (Å²) in [6.07, 6.45) is -3.27. The molecular formula is C14H14F5N3. The highest BCUT2D eigenvalue weighted by Gasteiger charge is 2.36. The SMILES string of the molecule is CC(NCc1cn(C)nc1C(F)(F)F)c1ccc(F)c(F)c1. The minimum Gasteiger partial charge on any atom is -0.306 e. The molecule has 2 rings (SSSR count). The summed E-state index contributed by atoms with van der Waals surface area (Å²) >= 11 is 0. The number of benzene rings is 1. The molecule has 0 aliphatic carbocycles. The monoisotopic (exact) mass is 319 g/mol. The number of aromatic nitrogens is 2. The molecule has 1 unspecified atom stereocenters. The molecule has 0 aliphatic heterocycles. The zero-order valence-corrected chi connectivity index (χ0v) is 11.9. The topological polar surface area (TPSA) is 29.9 Å². The first-order valence-electron chi connectivity index (χ1n) is 6.46. The van der Waals surface area contributed by atoms with Gasteiger partial charge >= 0.3 is 6.18 Å². The summed E-state index contributed by atoms with van der Waals surface area (Å²) in [5.74, 6) is -1.97. The predicted molar refractivity (Wildman–Crippen MR) is 69.8 cm³/mol. The molecule has 120 valence electrons. The Hall–Kier alpha value is -1.96. The number of alkyl halides is 3. The number of rotatable bonds is 4. The van der Waals surface area contributed by atoms with Crippen LogP contribution in [0.3, 0.4) is 0 Å². The molecule has 1 N–H and O–H groups in total. The van der Waals surface area contributed by atoms with Crippen LogP contribution >= 0.6 is 0 Å². The van der Waals surface area contributed by atoms with Gasteiger partial charge in [-0.1, -0.05) is 6.07 Å². The minimum absolute atomic E-state index is 0.00978. The Balaban J connectivity index is 2.11. The number of aryl methyl sites for hydroxylation is 1. The van der Waals surface area contributed by atoms with Gasteiger partial charge in [-0.25, -0.2) is 8.78 Å². The molecule has 2 aromatic rings. The van der Waals surface area contributed by atoms with Gasteiger partial charge in [-0.05, 0) is 24.6 Å². The van der Waals surface area contributed by atoms with Gasteiger partial charge < -0.3 is 5.32 Å². The van der Waals surface area contributed by atoms with E-state index < -0.39 is 29.5 Å². The maximum absolute atomic E-state index is 13.2. The molecule has 0 bridgehead atoms. The van der Waals surface area contributed by atoms with Crippen molar-refractivity contribution in [2.24, 2.45) is 7.05 Å². The lowest BCUT2D eigenvalue weighted by molar-refractivity contribution is -0.142. The van der Waals surface area contributed by atoms with Gasteiger partial charge in [0, 0.05) is 31.4 Å². The summed E-state index contributed by atoms with van der Waals surface area (Å²) in [4.78, 5) is 0. The zero-order valence-electron chi connectivity index (χ0n) is 11.9. The molecule has 0 saturated carbocycles. The quantitative estimate of drug-likeness (QED) is 0.873. The van der Waals surface area contributed by atoms with Gasteiger partial charge in [-0.15, -0.1) is 0 Å². The lowest BCUT2D eigenvalue weighted by Crippen LogP contribution is -2.20. The van der Waals surface area contributed by atoms with Crippen molar-refractivity contribution in [3.63, 3.8) is 0 Å². The minimum atomic E-state index is -4.54. The van der Waals surface area contributed by atoms with Crippen molar-refractivity contribution in [1.82, 2.24) is 15.1 Å². The highest BCUT2D eigenvalue weighted by Crippen LogP contribution is 2.30. The molecule has 1 atom stereocenters. The number of hydrogen-bond acceptors (Lipinski definition) is 2. The van der Waals surface area contributed by atoms with Crippen LogP contribution in [0.15, 0.2) is 24.4 Å². The van der Waals surface area contributed by atoms with Crippen LogP contribution in [0.2, 0.25) is 0 Å². The second-order valence-electron chi connectivity index (χ2n) is 4.95. The summed E-state index contributed by atoms with van der Waals surface area (Å²) in [5, 5.41) is 6.25. The molecule has 22 heavy (non-hydrogen) atoms. The lowest BCUT2D eigenvalue weighted by Gasteiger charge is -2.15. The van der Waals surface area contributed by atoms with E-state index in [0.717, 1.165) is 16.8 Å². The summed E-state index contributed by atoms with van der Waals surface area (Å²) < 4.78 is 65.6. The van der Waals surface area contributed by atoms with E-state index in [9.17, 15) is 22.0 Å². The molecule has 0 amide bonds. The maximum atomic E-state index is 13.2. The molecule has 0 fully saturated rings. The van der Waals surface area contributed by atoms with E-state index in [1.54, 1.807) is 6.92 Å². The van der Waals surface area contributed by atoms with Crippen molar-refractivity contribution >= 4 is 0 Å². The summed E-state index contributed by atoms with van der Waals surface area (Å²) in [6, 6.07) is 2.93. The highest BCUT2D eigenvalue weighted by molar-refractivity contribution is 5.23. The van der Waals surface area contributed by atoms with Crippen LogP contribution in [0.5, 0.6) is 0 Å². The van der Waals surface area contributed by atoms with Gasteiger partial charge in [0.25, 0.3) is 0 Å². The molecule has 0 spiro atoms. The number of nitrogens with zero attached hydrogens (tertiary/aromatic N) is 2. The summed E-state index contributed by atoms with van der Waals surface area (Å²) in [5.41, 5.74) is -0.527. The van der Waals surface area contributed by atoms with E-state index in [2.05, 4.69) is 10.4 Å². The van der Waals surface area contributed by atoms with Crippen LogP contribution in [-0.4, -0.2) is 9.78 Å². The second-order valence-corrected chi connectivity index (χ2v) is 4.95. The average molecular weight is 319 g/mol. The van der Waals surface area contributed by atoms with Crippen molar-refractivity contribution in [3.05, 3.63) is 52.9 Å². The lowest BCUT2D eigenvalue weighted by atomic mass is 10.1. The molecule has 0 radical (unpaired) electrons. The first-order chi connectivity index (χ1) is 10.2. The Kier molecular flexibility index (Phi) is 4.50. The standard InChI is InChI=1S/C14H14F5N3/c1-8(9-3-4-11(15)12(16)5-9)20-6-10-7-22(2)21-13(10)14(17,18)19/h3-5,7-8,20H,6H2,1-2H3. The van der Waals surface area contributed by atoms with Crippen molar-refractivity contribution in [3.8, 4) is 0 Å². The Bertz CT molecular complexity index is 663. The Morgan fingerprint density at radius 2 is 1.91 bits per heavy atom. The highest BCUT2D eigenvalue weighted by atomic mass is 19.4. The van der Waals surface area contributed by atoms with E-state index in [1.807, 2.05) is 0 Å². The Labute approximate surface area is 123 Å². The van der Waals surface area contributed by atoms with Crippen molar-refractivity contribution in [2.75, 3.05) is 0 Å². The van der Waals surface area contributed by atoms with E-state index in [-0.39, 0.29) is 12.1 Å². The maximum Gasteiger partial charge on any atom is 0.435 e. The fraction of sp³-hybridized carbons (Fsp3) is 0.357. The van der Waals surface area contributed by atoms with Gasteiger partial charge in [0.05, 0.1) is 0 Å². The molecule has 8 heteroatoms. The van der Waals surface area contributed by atoms with Gasteiger partial charge in [0.1, 0.15) is 0 Å². The number of halogens is 5. The van der Waals surface area contributed by atoms with Crippen molar-refractivity contribution in [1.29, 1.82) is 0 Å². The van der Waals surface area contributed by atoms with Crippen LogP contribution in [0, 0.1) is 11.6 Å². The normalized spacial score (nSPS) is 13.4. The van der Waals surface area contributed by atoms with Gasteiger partial charge in [0.15, 0.2) is 17.3 Å². The van der Waals surface area contributed by atoms with Crippen LogP contribution in [-0.2, 0) is 19.8 Å². The fourth-order valence-electron chi connectivity index (χ4n) is 2.07. The van der Waals surface area contributed by atoms with Gasteiger partial charge in [0.2, 0.25) is 0 Å². The fourth-order valence-corrected chi connectivity index (χ4v) is 2.07. The third-order valence-electron chi connectivity index (χ3n) is 3.22. The van der Waals surface area contributed by atoms with Gasteiger partial charge in [-0.2, -0.15) is 18.3 Å². The van der Waals surface area contributed by atoms with Crippen LogP contribution in [0.25, 0.3) is 0 Å². The van der Waals surface area contributed by atoms with E-state index >= 15 is 0 Å². The van der Waals surface area contributed by atoms with E-state index in [0.29, 0.717) is 5.56 Å². The van der Waals surface area contributed by atoms with E-state index in [4.69, 9.17) is 0 Å². The van der Waals surface area contributed by atoms with Crippen LogP contribution < -0.4 is 5.32 Å². The first kappa shape index (κ1) is 16.4. The van der Waals surface area contributed by atoms with Crippen LogP contribution in [0.1, 0.15) is 29.8 Å². The largest absolute Gasteiger partial charge is 0.435 e. The Morgan fingerprint density at radius 1 is 1.23 bits per heavy atom. The first-order valence-corrected chi connectivity index (χ1v) is 6.46. The average Bonchev–Trinajstić information content (AvgIpc) is 2.80. The van der Waals surface area contributed by atoms with Crippen molar-refractivity contribution < 1.29 is 22.0 Å². The summed E-state index contributed by atoms with van der Waals surface area (Å²) in [7, 11) is 1.40. The third-order valence-corrected chi connectivity index (χ3v) is 3.22. The third kappa shape index (κ3) is 3.62. The smallest absolute Gasteiger partial charge is 0.306 e. The molecule has 1 aromatic heterocycles. The van der Waals surface area contributed by atoms with E-state index in [1.165, 1.54) is 19.3 Å².